The first-order valence-corrected chi connectivity index (χ1v) is 22.0. The summed E-state index contributed by atoms with van der Waals surface area (Å²) in [4.78, 5) is 14.3. The molecule has 0 atom stereocenters. The number of nitrogens with zero attached hydrogens (tertiary/aromatic N) is 5. The molecule has 0 N–H and O–H groups in total. The Bertz CT molecular complexity index is 3250. The molecule has 6 nitrogen and oxygen atoms in total. The average molecular weight is 1020 g/mol. The summed E-state index contributed by atoms with van der Waals surface area (Å²) in [6, 6.07) is 73.2. The molecule has 4 heterocycles. The minimum Gasteiger partial charge on any atom is -0.509 e. The van der Waals surface area contributed by atoms with E-state index in [4.69, 9.17) is 14.7 Å². The first kappa shape index (κ1) is 40.5. The zero-order valence-electron chi connectivity index (χ0n) is 35.4. The first-order chi connectivity index (χ1) is 31.7. The summed E-state index contributed by atoms with van der Waals surface area (Å²) in [5.41, 5.74) is 12.0. The van der Waals surface area contributed by atoms with Crippen molar-refractivity contribution in [1.29, 1.82) is 0 Å². The summed E-state index contributed by atoms with van der Waals surface area (Å²) < 4.78 is 8.92. The van der Waals surface area contributed by atoms with E-state index < -0.39 is 0 Å². The van der Waals surface area contributed by atoms with E-state index >= 15 is 0 Å². The van der Waals surface area contributed by atoms with Gasteiger partial charge in [0.05, 0.1) is 5.69 Å². The number of anilines is 4. The van der Waals surface area contributed by atoms with Gasteiger partial charge in [0.2, 0.25) is 0 Å². The van der Waals surface area contributed by atoms with Crippen LogP contribution in [0.1, 0.15) is 36.8 Å². The van der Waals surface area contributed by atoms with E-state index in [0.29, 0.717) is 11.5 Å². The predicted octanol–water partition coefficient (Wildman–Crippen LogP) is 14.6. The minimum atomic E-state index is -0.0359. The third-order valence-corrected chi connectivity index (χ3v) is 13.0. The van der Waals surface area contributed by atoms with Gasteiger partial charge in [-0.15, -0.1) is 42.4 Å². The molecule has 65 heavy (non-hydrogen) atoms. The molecule has 12 rings (SSSR count). The van der Waals surface area contributed by atoms with Gasteiger partial charge in [-0.2, -0.15) is 12.1 Å². The van der Waals surface area contributed by atoms with Crippen LogP contribution in [0.3, 0.4) is 0 Å². The molecule has 2 aliphatic rings. The molecule has 0 amide bonds. The van der Waals surface area contributed by atoms with Gasteiger partial charge in [0, 0.05) is 72.7 Å². The van der Waals surface area contributed by atoms with Gasteiger partial charge in [-0.25, -0.2) is 9.97 Å². The Hall–Kier alpha value is -7.27. The van der Waals surface area contributed by atoms with Crippen LogP contribution in [0.5, 0.6) is 11.5 Å². The van der Waals surface area contributed by atoms with Gasteiger partial charge in [-0.1, -0.05) is 151 Å². The maximum Gasteiger partial charge on any atom is 0.135 e. The topological polar surface area (TPSA) is 46.4 Å². The monoisotopic (exact) mass is 1020 g/mol. The van der Waals surface area contributed by atoms with Crippen molar-refractivity contribution in [3.05, 3.63) is 230 Å². The van der Waals surface area contributed by atoms with E-state index in [2.05, 4.69) is 191 Å². The Kier molecular flexibility index (Phi) is 10.6. The number of hydrogen-bond acceptors (Lipinski definition) is 5. The molecule has 318 valence electrons. The molecule has 1 aliphatic carbocycles. The molecule has 7 heteroatoms. The third-order valence-electron chi connectivity index (χ3n) is 13.0. The third kappa shape index (κ3) is 7.10. The number of aromatic nitrogens is 3. The Morgan fingerprint density at radius 2 is 1.22 bits per heavy atom. The van der Waals surface area contributed by atoms with Crippen molar-refractivity contribution in [2.45, 2.75) is 31.1 Å². The molecule has 10 aromatic rings. The fraction of sp³-hybridized carbons (Fsp3) is 0.0862. The summed E-state index contributed by atoms with van der Waals surface area (Å²) in [5, 5.41) is 2.23. The van der Waals surface area contributed by atoms with Crippen LogP contribution in [0.2, 0.25) is 0 Å². The number of pyridine rings is 2. The summed E-state index contributed by atoms with van der Waals surface area (Å²) in [5.74, 6) is 2.84. The summed E-state index contributed by atoms with van der Waals surface area (Å²) in [6.45, 7) is 2.12. The average Bonchev–Trinajstić information content (AvgIpc) is 4.10. The molecule has 0 saturated heterocycles. The maximum atomic E-state index is 6.69. The standard InChI is InChI=1S/C58H42N5O.Pt/c1-4-17-41(18-5-1)48-26-15-27-49(42-19-6-2-7-20-42)56(48)62-40-61(57-53(62)29-16-35-60-57)45-23-14-24-46(38-45)64-47-30-31-51-50-25-10-11-28-52(50)63(54(51)39-47)55-37-44(32-36-59-55)58(33-12-13-34-58)43-21-8-3-9-22-43;/h1-11,14-32,35-37,40H,12-13,33-34H2;/q-3;. The molecule has 1 saturated carbocycles. The fourth-order valence-corrected chi connectivity index (χ4v) is 10.1. The van der Waals surface area contributed by atoms with Crippen molar-refractivity contribution in [1.82, 2.24) is 14.5 Å². The van der Waals surface area contributed by atoms with Crippen molar-refractivity contribution in [2.24, 2.45) is 0 Å². The van der Waals surface area contributed by atoms with E-state index in [1.165, 1.54) is 24.0 Å². The minimum absolute atomic E-state index is 0. The van der Waals surface area contributed by atoms with Crippen molar-refractivity contribution >= 4 is 44.7 Å². The number of para-hydroxylation sites is 2. The normalized spacial score (nSPS) is 14.1. The molecule has 0 radical (unpaired) electrons. The largest absolute Gasteiger partial charge is 0.509 e. The molecule has 3 aromatic heterocycles. The Balaban J connectivity index is 0.00000469. The number of benzene rings is 7. The second-order valence-corrected chi connectivity index (χ2v) is 16.6. The van der Waals surface area contributed by atoms with Crippen LogP contribution in [-0.2, 0) is 26.5 Å². The van der Waals surface area contributed by atoms with E-state index in [9.17, 15) is 0 Å². The molecule has 1 aliphatic heterocycles. The molecular formula is C58H42N5OPt-3. The van der Waals surface area contributed by atoms with Crippen LogP contribution < -0.4 is 14.5 Å². The van der Waals surface area contributed by atoms with Crippen LogP contribution in [0.15, 0.2) is 200 Å². The van der Waals surface area contributed by atoms with E-state index in [0.717, 1.165) is 85.6 Å². The molecule has 0 spiro atoms. The fourth-order valence-electron chi connectivity index (χ4n) is 10.1. The number of hydrogen-bond donors (Lipinski definition) is 0. The zero-order chi connectivity index (χ0) is 42.5. The van der Waals surface area contributed by atoms with Gasteiger partial charge in [-0.05, 0) is 70.8 Å². The van der Waals surface area contributed by atoms with Gasteiger partial charge in [0.25, 0.3) is 0 Å². The number of ether oxygens (including phenoxy) is 1. The summed E-state index contributed by atoms with van der Waals surface area (Å²) in [6.07, 6.45) is 8.48. The summed E-state index contributed by atoms with van der Waals surface area (Å²) in [7, 11) is 0. The van der Waals surface area contributed by atoms with Crippen LogP contribution >= 0.6 is 0 Å². The van der Waals surface area contributed by atoms with E-state index in [1.807, 2.05) is 42.7 Å². The van der Waals surface area contributed by atoms with Gasteiger partial charge >= 0.3 is 0 Å². The molecule has 0 bridgehead atoms. The number of fused-ring (bicyclic) bond motifs is 4. The van der Waals surface area contributed by atoms with Gasteiger partial charge in [0.15, 0.2) is 0 Å². The quantitative estimate of drug-likeness (QED) is 0.135. The van der Waals surface area contributed by atoms with Crippen molar-refractivity contribution < 1.29 is 25.8 Å². The van der Waals surface area contributed by atoms with Crippen LogP contribution in [0.25, 0.3) is 49.9 Å². The van der Waals surface area contributed by atoms with Crippen LogP contribution in [-0.4, -0.2) is 14.5 Å². The van der Waals surface area contributed by atoms with Crippen LogP contribution in [0.4, 0.5) is 22.9 Å². The van der Waals surface area contributed by atoms with E-state index in [1.54, 1.807) is 0 Å². The molecular weight excluding hydrogens is 978 g/mol. The zero-order valence-corrected chi connectivity index (χ0v) is 37.7. The second-order valence-electron chi connectivity index (χ2n) is 16.6. The Morgan fingerprint density at radius 3 is 1.97 bits per heavy atom. The molecule has 0 unspecified atom stereocenters. The van der Waals surface area contributed by atoms with Crippen molar-refractivity contribution in [3.63, 3.8) is 0 Å². The van der Waals surface area contributed by atoms with Gasteiger partial charge < -0.3 is 19.1 Å². The Labute approximate surface area is 393 Å². The Morgan fingerprint density at radius 1 is 0.538 bits per heavy atom. The SMILES string of the molecule is [Pt].[c-]1c(Oc2[c-]c3c(cc2)c2ccccc2n3-c2cc(C3(c4ccccc4)CCCC3)ccn2)cccc1N1[CH-]N(c2c(-c3ccccc3)cccc2-c2ccccc2)c2cccnc21. The maximum absolute atomic E-state index is 6.69. The number of rotatable bonds is 9. The van der Waals surface area contributed by atoms with Crippen molar-refractivity contribution in [2.75, 3.05) is 9.80 Å². The summed E-state index contributed by atoms with van der Waals surface area (Å²) >= 11 is 0. The van der Waals surface area contributed by atoms with E-state index in [-0.39, 0.29) is 26.5 Å². The second kappa shape index (κ2) is 17.0. The molecule has 1 fully saturated rings. The van der Waals surface area contributed by atoms with Crippen LogP contribution in [0, 0.1) is 18.8 Å². The van der Waals surface area contributed by atoms with Gasteiger partial charge in [-0.3, -0.25) is 0 Å². The van der Waals surface area contributed by atoms with Crippen molar-refractivity contribution in [3.8, 4) is 39.6 Å². The first-order valence-electron chi connectivity index (χ1n) is 22.0. The predicted molar refractivity (Wildman–Crippen MR) is 259 cm³/mol. The van der Waals surface area contributed by atoms with Gasteiger partial charge in [0.1, 0.15) is 11.6 Å². The smallest absolute Gasteiger partial charge is 0.135 e. The molecule has 7 aromatic carbocycles.